The molecule has 0 fully saturated rings. The maximum absolute atomic E-state index is 5.83. The lowest BCUT2D eigenvalue weighted by molar-refractivity contribution is 0.356. The minimum atomic E-state index is -0.0481. The quantitative estimate of drug-likeness (QED) is 0.919. The van der Waals surface area contributed by atoms with E-state index in [1.807, 2.05) is 25.1 Å². The molecule has 82 valence electrons. The summed E-state index contributed by atoms with van der Waals surface area (Å²) in [6.45, 7) is 2.37. The number of benzene rings is 1. The van der Waals surface area contributed by atoms with Crippen LogP contribution in [0, 0.1) is 0 Å². The molecule has 0 unspecified atom stereocenters. The first kappa shape index (κ1) is 12.6. The van der Waals surface area contributed by atoms with Crippen LogP contribution in [-0.4, -0.2) is 6.61 Å². The molecule has 1 aromatic rings. The maximum Gasteiger partial charge on any atom is 0.125 e. The van der Waals surface area contributed by atoms with Gasteiger partial charge in [0.2, 0.25) is 0 Å². The van der Waals surface area contributed by atoms with Gasteiger partial charge in [-0.15, -0.1) is 0 Å². The topological polar surface area (TPSA) is 35.2 Å². The molecule has 0 aliphatic rings. The monoisotopic (exact) mass is 289 g/mol. The number of nitrogens with two attached hydrogens (primary N) is 1. The summed E-state index contributed by atoms with van der Waals surface area (Å²) in [5.41, 5.74) is 8.25. The summed E-state index contributed by atoms with van der Waals surface area (Å²) < 4.78 is 6.51. The molecule has 1 aromatic carbocycles. The second-order valence-corrected chi connectivity index (χ2v) is 4.31. The molecule has 0 spiro atoms. The van der Waals surface area contributed by atoms with Gasteiger partial charge < -0.3 is 10.5 Å². The number of ether oxygens (including phenoxy) is 1. The van der Waals surface area contributed by atoms with Gasteiger partial charge in [-0.2, -0.15) is 0 Å². The van der Waals surface area contributed by atoms with Gasteiger partial charge in [0.25, 0.3) is 0 Å². The molecule has 15 heavy (non-hydrogen) atoms. The first-order valence-corrected chi connectivity index (χ1v) is 5.81. The van der Waals surface area contributed by atoms with Crippen LogP contribution >= 0.6 is 27.5 Å². The summed E-state index contributed by atoms with van der Waals surface area (Å²) in [7, 11) is 0. The summed E-state index contributed by atoms with van der Waals surface area (Å²) >= 11 is 8.80. The number of hydrogen-bond donors (Lipinski definition) is 1. The van der Waals surface area contributed by atoms with Crippen molar-refractivity contribution >= 4 is 27.5 Å². The van der Waals surface area contributed by atoms with E-state index in [9.17, 15) is 0 Å². The predicted molar refractivity (Wildman–Crippen MR) is 67.2 cm³/mol. The van der Waals surface area contributed by atoms with Crippen LogP contribution in [0.4, 0.5) is 0 Å². The molecule has 0 bridgehead atoms. The zero-order valence-electron chi connectivity index (χ0n) is 8.41. The Kier molecular flexibility index (Phi) is 5.15. The Balaban J connectivity index is 2.86. The highest BCUT2D eigenvalue weighted by Gasteiger charge is 2.07. The van der Waals surface area contributed by atoms with Crippen molar-refractivity contribution in [2.75, 3.05) is 6.61 Å². The van der Waals surface area contributed by atoms with E-state index in [0.29, 0.717) is 6.61 Å². The van der Waals surface area contributed by atoms with Gasteiger partial charge in [-0.05, 0) is 25.1 Å². The fourth-order valence-corrected chi connectivity index (χ4v) is 1.60. The summed E-state index contributed by atoms with van der Waals surface area (Å²) in [6.07, 6.45) is 1.73. The normalized spacial score (nSPS) is 13.1. The van der Waals surface area contributed by atoms with E-state index in [4.69, 9.17) is 22.1 Å². The third kappa shape index (κ3) is 3.86. The zero-order chi connectivity index (χ0) is 11.3. The van der Waals surface area contributed by atoms with E-state index >= 15 is 0 Å². The smallest absolute Gasteiger partial charge is 0.125 e. The van der Waals surface area contributed by atoms with Crippen molar-refractivity contribution in [3.63, 3.8) is 0 Å². The molecule has 0 aliphatic heterocycles. The molecule has 0 aliphatic carbocycles. The molecule has 0 saturated carbocycles. The highest BCUT2D eigenvalue weighted by molar-refractivity contribution is 9.10. The third-order valence-electron chi connectivity index (χ3n) is 1.89. The number of hydrogen-bond acceptors (Lipinski definition) is 2. The first-order valence-electron chi connectivity index (χ1n) is 4.58. The second-order valence-electron chi connectivity index (χ2n) is 3.14. The zero-order valence-corrected chi connectivity index (χ0v) is 10.8. The van der Waals surface area contributed by atoms with Gasteiger partial charge in [-0.1, -0.05) is 33.6 Å². The van der Waals surface area contributed by atoms with Gasteiger partial charge in [0.15, 0.2) is 0 Å². The number of halogens is 2. The Morgan fingerprint density at radius 2 is 2.33 bits per heavy atom. The molecule has 0 amide bonds. The SMILES string of the molecule is C[C@H](N)c1ccc(Br)cc1OC/C=C/Cl. The van der Waals surface area contributed by atoms with Crippen LogP contribution in [0.5, 0.6) is 5.75 Å². The van der Waals surface area contributed by atoms with E-state index in [1.165, 1.54) is 5.54 Å². The van der Waals surface area contributed by atoms with Crippen molar-refractivity contribution in [3.8, 4) is 5.75 Å². The lowest BCUT2D eigenvalue weighted by Crippen LogP contribution is -2.08. The molecule has 2 N–H and O–H groups in total. The highest BCUT2D eigenvalue weighted by atomic mass is 79.9. The van der Waals surface area contributed by atoms with Crippen molar-refractivity contribution in [2.24, 2.45) is 5.73 Å². The van der Waals surface area contributed by atoms with Crippen LogP contribution in [0.25, 0.3) is 0 Å². The lowest BCUT2D eigenvalue weighted by Gasteiger charge is -2.13. The van der Waals surface area contributed by atoms with E-state index in [1.54, 1.807) is 6.08 Å². The average Bonchev–Trinajstić information content (AvgIpc) is 2.18. The maximum atomic E-state index is 5.83. The lowest BCUT2D eigenvalue weighted by atomic mass is 10.1. The van der Waals surface area contributed by atoms with Gasteiger partial charge in [-0.3, -0.25) is 0 Å². The summed E-state index contributed by atoms with van der Waals surface area (Å²) in [5.74, 6) is 0.786. The molecule has 0 heterocycles. The Morgan fingerprint density at radius 1 is 1.60 bits per heavy atom. The molecule has 0 aromatic heterocycles. The first-order chi connectivity index (χ1) is 7.15. The molecule has 0 saturated heterocycles. The van der Waals surface area contributed by atoms with E-state index in [0.717, 1.165) is 15.8 Å². The highest BCUT2D eigenvalue weighted by Crippen LogP contribution is 2.27. The van der Waals surface area contributed by atoms with E-state index in [2.05, 4.69) is 15.9 Å². The van der Waals surface area contributed by atoms with Gasteiger partial charge in [-0.25, -0.2) is 0 Å². The Hall–Kier alpha value is -0.510. The van der Waals surface area contributed by atoms with Gasteiger partial charge >= 0.3 is 0 Å². The fourth-order valence-electron chi connectivity index (χ4n) is 1.18. The summed E-state index contributed by atoms with van der Waals surface area (Å²) in [5, 5.41) is 0. The Morgan fingerprint density at radius 3 is 2.93 bits per heavy atom. The molecular formula is C11H13BrClNO. The Bertz CT molecular complexity index is 352. The minimum absolute atomic E-state index is 0.0481. The summed E-state index contributed by atoms with van der Waals surface area (Å²) in [4.78, 5) is 0. The van der Waals surface area contributed by atoms with E-state index < -0.39 is 0 Å². The summed E-state index contributed by atoms with van der Waals surface area (Å²) in [6, 6.07) is 5.76. The van der Waals surface area contributed by atoms with Crippen LogP contribution in [0.1, 0.15) is 18.5 Å². The molecule has 1 rings (SSSR count). The van der Waals surface area contributed by atoms with Crippen molar-refractivity contribution in [2.45, 2.75) is 13.0 Å². The molecule has 2 nitrogen and oxygen atoms in total. The van der Waals surface area contributed by atoms with Crippen LogP contribution in [0.2, 0.25) is 0 Å². The molecule has 1 atom stereocenters. The standard InChI is InChI=1S/C11H13BrClNO/c1-8(14)10-4-3-9(12)7-11(10)15-6-2-5-13/h2-5,7-8H,6,14H2,1H3/b5-2+/t8-/m0/s1. The third-order valence-corrected chi connectivity index (χ3v) is 2.56. The molecule has 0 radical (unpaired) electrons. The second kappa shape index (κ2) is 6.16. The largest absolute Gasteiger partial charge is 0.489 e. The minimum Gasteiger partial charge on any atom is -0.489 e. The van der Waals surface area contributed by atoms with Crippen LogP contribution in [0.15, 0.2) is 34.3 Å². The van der Waals surface area contributed by atoms with Crippen molar-refractivity contribution in [3.05, 3.63) is 39.8 Å². The van der Waals surface area contributed by atoms with Crippen LogP contribution < -0.4 is 10.5 Å². The number of rotatable bonds is 4. The molecular weight excluding hydrogens is 277 g/mol. The van der Waals surface area contributed by atoms with Gasteiger partial charge in [0, 0.05) is 21.6 Å². The van der Waals surface area contributed by atoms with Crippen molar-refractivity contribution in [1.29, 1.82) is 0 Å². The average molecular weight is 291 g/mol. The predicted octanol–water partition coefficient (Wildman–Crippen LogP) is 3.60. The van der Waals surface area contributed by atoms with Crippen molar-refractivity contribution in [1.82, 2.24) is 0 Å². The van der Waals surface area contributed by atoms with Gasteiger partial charge in [0.1, 0.15) is 12.4 Å². The van der Waals surface area contributed by atoms with Crippen molar-refractivity contribution < 1.29 is 4.74 Å². The van der Waals surface area contributed by atoms with Crippen LogP contribution in [0.3, 0.4) is 0 Å². The fraction of sp³-hybridized carbons (Fsp3) is 0.273. The van der Waals surface area contributed by atoms with Crippen LogP contribution in [-0.2, 0) is 0 Å². The molecule has 4 heteroatoms. The Labute approximate surface area is 103 Å². The van der Waals surface area contributed by atoms with E-state index in [-0.39, 0.29) is 6.04 Å². The van der Waals surface area contributed by atoms with Gasteiger partial charge in [0.05, 0.1) is 0 Å².